The van der Waals surface area contributed by atoms with Crippen molar-refractivity contribution in [3.05, 3.63) is 12.7 Å². The summed E-state index contributed by atoms with van der Waals surface area (Å²) in [6.45, 7) is 7.14. The maximum Gasteiger partial charge on any atom is 0.219 e. The molecule has 15 heavy (non-hydrogen) atoms. The van der Waals surface area contributed by atoms with Crippen molar-refractivity contribution in [2.45, 2.75) is 25.3 Å². The fourth-order valence-corrected chi connectivity index (χ4v) is 1.80. The van der Waals surface area contributed by atoms with Gasteiger partial charge in [-0.05, 0) is 12.8 Å². The van der Waals surface area contributed by atoms with Crippen molar-refractivity contribution >= 4 is 5.91 Å². The van der Waals surface area contributed by atoms with Gasteiger partial charge in [0.15, 0.2) is 0 Å². The normalized spacial score (nSPS) is 19.3. The van der Waals surface area contributed by atoms with E-state index in [4.69, 9.17) is 5.26 Å². The fourth-order valence-electron chi connectivity index (χ4n) is 1.80. The summed E-state index contributed by atoms with van der Waals surface area (Å²) in [4.78, 5) is 12.9. The number of carbonyl (C=O) groups excluding carboxylic acids is 1. The van der Waals surface area contributed by atoms with E-state index in [1.165, 1.54) is 0 Å². The summed E-state index contributed by atoms with van der Waals surface area (Å²) in [7, 11) is 0. The van der Waals surface area contributed by atoms with Crippen LogP contribution in [0.2, 0.25) is 0 Å². The molecule has 0 bridgehead atoms. The van der Waals surface area contributed by atoms with Crippen molar-refractivity contribution < 1.29 is 4.79 Å². The Bertz CT molecular complexity index is 285. The summed E-state index contributed by atoms with van der Waals surface area (Å²) in [6.07, 6.45) is 3.13. The zero-order valence-electron chi connectivity index (χ0n) is 9.12. The number of nitriles is 1. The van der Waals surface area contributed by atoms with E-state index in [2.05, 4.69) is 18.0 Å². The summed E-state index contributed by atoms with van der Waals surface area (Å²) >= 11 is 0. The third-order valence-corrected chi connectivity index (χ3v) is 2.86. The Morgan fingerprint density at radius 1 is 1.67 bits per heavy atom. The zero-order chi connectivity index (χ0) is 11.3. The standard InChI is InChI=1S/C11H17N3O/c1-3-6-13-11(9-12)4-7-14(8-5-11)10(2)15/h3,13H,1,4-8H2,2H3. The Balaban J connectivity index is 2.55. The highest BCUT2D eigenvalue weighted by Crippen LogP contribution is 2.21. The van der Waals surface area contributed by atoms with E-state index in [1.807, 2.05) is 0 Å². The lowest BCUT2D eigenvalue weighted by molar-refractivity contribution is -0.130. The van der Waals surface area contributed by atoms with Gasteiger partial charge in [-0.1, -0.05) is 6.08 Å². The zero-order valence-corrected chi connectivity index (χ0v) is 9.12. The molecule has 0 spiro atoms. The molecule has 1 aliphatic heterocycles. The average molecular weight is 207 g/mol. The molecule has 0 aliphatic carbocycles. The second-order valence-corrected chi connectivity index (χ2v) is 3.87. The number of nitrogens with one attached hydrogen (secondary N) is 1. The van der Waals surface area contributed by atoms with E-state index in [0.29, 0.717) is 32.5 Å². The van der Waals surface area contributed by atoms with E-state index in [9.17, 15) is 4.79 Å². The maximum absolute atomic E-state index is 11.1. The van der Waals surface area contributed by atoms with Crippen molar-refractivity contribution in [2.75, 3.05) is 19.6 Å². The van der Waals surface area contributed by atoms with Crippen molar-refractivity contribution in [3.63, 3.8) is 0 Å². The monoisotopic (exact) mass is 207 g/mol. The van der Waals surface area contributed by atoms with Crippen LogP contribution in [0.4, 0.5) is 0 Å². The molecule has 0 radical (unpaired) electrons. The number of piperidine rings is 1. The molecule has 1 fully saturated rings. The third-order valence-electron chi connectivity index (χ3n) is 2.86. The summed E-state index contributed by atoms with van der Waals surface area (Å²) in [5.41, 5.74) is -0.472. The number of rotatable bonds is 3. The predicted octanol–water partition coefficient (Wildman–Crippen LogP) is 0.667. The molecule has 1 rings (SSSR count). The predicted molar refractivity (Wildman–Crippen MR) is 58.0 cm³/mol. The Kier molecular flexibility index (Phi) is 3.87. The van der Waals surface area contributed by atoms with Crippen LogP contribution in [0, 0.1) is 11.3 Å². The average Bonchev–Trinajstić information content (AvgIpc) is 2.27. The molecule has 4 nitrogen and oxygen atoms in total. The number of nitrogens with zero attached hydrogens (tertiary/aromatic N) is 2. The second kappa shape index (κ2) is 4.94. The van der Waals surface area contributed by atoms with Crippen molar-refractivity contribution in [3.8, 4) is 6.07 Å². The minimum absolute atomic E-state index is 0.0882. The van der Waals surface area contributed by atoms with Gasteiger partial charge in [0, 0.05) is 26.6 Å². The second-order valence-electron chi connectivity index (χ2n) is 3.87. The van der Waals surface area contributed by atoms with Crippen LogP contribution in [0.15, 0.2) is 12.7 Å². The molecule has 1 amide bonds. The van der Waals surface area contributed by atoms with Gasteiger partial charge in [-0.25, -0.2) is 0 Å². The minimum atomic E-state index is -0.472. The van der Waals surface area contributed by atoms with E-state index >= 15 is 0 Å². The molecule has 82 valence electrons. The van der Waals surface area contributed by atoms with Crippen LogP contribution in [-0.4, -0.2) is 36.0 Å². The molecule has 0 aromatic carbocycles. The van der Waals surface area contributed by atoms with Gasteiger partial charge < -0.3 is 4.90 Å². The lowest BCUT2D eigenvalue weighted by Gasteiger charge is -2.37. The Morgan fingerprint density at radius 3 is 2.67 bits per heavy atom. The van der Waals surface area contributed by atoms with Crippen LogP contribution in [0.25, 0.3) is 0 Å². The van der Waals surface area contributed by atoms with E-state index in [-0.39, 0.29) is 5.91 Å². The van der Waals surface area contributed by atoms with E-state index in [1.54, 1.807) is 17.9 Å². The van der Waals surface area contributed by atoms with Gasteiger partial charge >= 0.3 is 0 Å². The number of likely N-dealkylation sites (tertiary alicyclic amines) is 1. The topological polar surface area (TPSA) is 56.1 Å². The van der Waals surface area contributed by atoms with Gasteiger partial charge in [0.05, 0.1) is 6.07 Å². The SMILES string of the molecule is C=CCNC1(C#N)CCN(C(C)=O)CC1. The third kappa shape index (κ3) is 2.80. The molecule has 0 saturated carbocycles. The van der Waals surface area contributed by atoms with E-state index < -0.39 is 5.54 Å². The quantitative estimate of drug-likeness (QED) is 0.692. The maximum atomic E-state index is 11.1. The van der Waals surface area contributed by atoms with Crippen molar-refractivity contribution in [1.29, 1.82) is 5.26 Å². The molecule has 0 unspecified atom stereocenters. The smallest absolute Gasteiger partial charge is 0.219 e. The molecular weight excluding hydrogens is 190 g/mol. The van der Waals surface area contributed by atoms with Crippen molar-refractivity contribution in [1.82, 2.24) is 10.2 Å². The van der Waals surface area contributed by atoms with Crippen LogP contribution in [-0.2, 0) is 4.79 Å². The van der Waals surface area contributed by atoms with Gasteiger partial charge in [-0.3, -0.25) is 10.1 Å². The van der Waals surface area contributed by atoms with Gasteiger partial charge in [0.2, 0.25) is 5.91 Å². The number of hydrogen-bond acceptors (Lipinski definition) is 3. The highest BCUT2D eigenvalue weighted by molar-refractivity contribution is 5.73. The minimum Gasteiger partial charge on any atom is -0.343 e. The van der Waals surface area contributed by atoms with Crippen LogP contribution >= 0.6 is 0 Å². The Labute approximate surface area is 90.6 Å². The van der Waals surface area contributed by atoms with Gasteiger partial charge in [0.25, 0.3) is 0 Å². The molecule has 0 aromatic rings. The first-order valence-electron chi connectivity index (χ1n) is 5.16. The number of hydrogen-bond donors (Lipinski definition) is 1. The Morgan fingerprint density at radius 2 is 2.27 bits per heavy atom. The molecule has 1 N–H and O–H groups in total. The summed E-state index contributed by atoms with van der Waals surface area (Å²) < 4.78 is 0. The van der Waals surface area contributed by atoms with Gasteiger partial charge in [-0.15, -0.1) is 6.58 Å². The lowest BCUT2D eigenvalue weighted by atomic mass is 9.89. The number of carbonyl (C=O) groups is 1. The largest absolute Gasteiger partial charge is 0.343 e. The van der Waals surface area contributed by atoms with Gasteiger partial charge in [-0.2, -0.15) is 5.26 Å². The van der Waals surface area contributed by atoms with Crippen LogP contribution in [0.3, 0.4) is 0 Å². The van der Waals surface area contributed by atoms with E-state index in [0.717, 1.165) is 0 Å². The van der Waals surface area contributed by atoms with Crippen molar-refractivity contribution in [2.24, 2.45) is 0 Å². The lowest BCUT2D eigenvalue weighted by Crippen LogP contribution is -2.53. The van der Waals surface area contributed by atoms with Crippen LogP contribution in [0.1, 0.15) is 19.8 Å². The highest BCUT2D eigenvalue weighted by Gasteiger charge is 2.34. The first-order valence-corrected chi connectivity index (χ1v) is 5.16. The molecule has 4 heteroatoms. The summed E-state index contributed by atoms with van der Waals surface area (Å²) in [6, 6.07) is 2.31. The summed E-state index contributed by atoms with van der Waals surface area (Å²) in [5, 5.41) is 12.3. The molecule has 1 saturated heterocycles. The fraction of sp³-hybridized carbons (Fsp3) is 0.636. The molecule has 0 atom stereocenters. The molecule has 1 aliphatic rings. The molecule has 0 aromatic heterocycles. The number of amides is 1. The first kappa shape index (κ1) is 11.7. The first-order chi connectivity index (χ1) is 7.13. The Hall–Kier alpha value is -1.34. The highest BCUT2D eigenvalue weighted by atomic mass is 16.2. The summed E-state index contributed by atoms with van der Waals surface area (Å²) in [5.74, 6) is 0.0882. The van der Waals surface area contributed by atoms with Crippen LogP contribution in [0.5, 0.6) is 0 Å². The molecule has 1 heterocycles. The van der Waals surface area contributed by atoms with Crippen LogP contribution < -0.4 is 5.32 Å². The van der Waals surface area contributed by atoms with Gasteiger partial charge in [0.1, 0.15) is 5.54 Å². The molecular formula is C11H17N3O.